The van der Waals surface area contributed by atoms with Crippen LogP contribution in [0.25, 0.3) is 33.2 Å². The molecule has 0 aliphatic rings. The predicted octanol–water partition coefficient (Wildman–Crippen LogP) is 7.39. The van der Waals surface area contributed by atoms with Crippen LogP contribution in [0.5, 0.6) is 0 Å². The minimum atomic E-state index is -0.481. The van der Waals surface area contributed by atoms with Crippen LogP contribution >= 0.6 is 34.9 Å². The van der Waals surface area contributed by atoms with E-state index in [-0.39, 0.29) is 5.82 Å². The summed E-state index contributed by atoms with van der Waals surface area (Å²) in [5.41, 5.74) is 4.40. The SMILES string of the molecule is O=C(Nc1ccccc1)Nc1nc2nc(Nc3ccc4nsnc4c3)ncc2cc1-c1c(Cl)cccc1Cl. The molecule has 38 heavy (non-hydrogen) atoms. The maximum absolute atomic E-state index is 12.9. The monoisotopic (exact) mass is 558 g/mol. The molecule has 0 fully saturated rings. The van der Waals surface area contributed by atoms with Crippen molar-refractivity contribution in [3.63, 3.8) is 0 Å². The van der Waals surface area contributed by atoms with Crippen LogP contribution < -0.4 is 16.0 Å². The molecule has 186 valence electrons. The van der Waals surface area contributed by atoms with Gasteiger partial charge in [0, 0.05) is 34.1 Å². The number of halogens is 2. The highest BCUT2D eigenvalue weighted by Crippen LogP contribution is 2.39. The third-order valence-electron chi connectivity index (χ3n) is 5.57. The van der Waals surface area contributed by atoms with Gasteiger partial charge in [0.2, 0.25) is 5.95 Å². The summed E-state index contributed by atoms with van der Waals surface area (Å²) >= 11 is 14.2. The molecule has 0 saturated heterocycles. The van der Waals surface area contributed by atoms with Crippen molar-refractivity contribution < 1.29 is 4.79 Å². The first-order valence-electron chi connectivity index (χ1n) is 11.3. The van der Waals surface area contributed by atoms with Gasteiger partial charge in [-0.2, -0.15) is 13.7 Å². The molecule has 0 unspecified atom stereocenters. The van der Waals surface area contributed by atoms with Crippen molar-refractivity contribution in [2.45, 2.75) is 0 Å². The Balaban J connectivity index is 1.39. The number of pyridine rings is 1. The lowest BCUT2D eigenvalue weighted by molar-refractivity contribution is 0.262. The molecule has 0 aliphatic heterocycles. The zero-order chi connectivity index (χ0) is 26.1. The summed E-state index contributed by atoms with van der Waals surface area (Å²) in [5.74, 6) is 0.566. The van der Waals surface area contributed by atoms with Gasteiger partial charge < -0.3 is 10.6 Å². The van der Waals surface area contributed by atoms with E-state index in [4.69, 9.17) is 23.2 Å². The number of rotatable bonds is 5. The lowest BCUT2D eigenvalue weighted by Crippen LogP contribution is -2.20. The van der Waals surface area contributed by atoms with E-state index >= 15 is 0 Å². The molecular formula is C26H16Cl2N8OS. The highest BCUT2D eigenvalue weighted by molar-refractivity contribution is 7.00. The first kappa shape index (κ1) is 24.0. The molecule has 2 amide bonds. The van der Waals surface area contributed by atoms with Gasteiger partial charge in [0.05, 0.1) is 21.8 Å². The van der Waals surface area contributed by atoms with Crippen LogP contribution in [-0.2, 0) is 0 Å². The van der Waals surface area contributed by atoms with Gasteiger partial charge in [-0.25, -0.2) is 14.8 Å². The summed E-state index contributed by atoms with van der Waals surface area (Å²) in [6.07, 6.45) is 1.64. The number of para-hydroxylation sites is 1. The molecule has 0 bridgehead atoms. The number of carbonyl (C=O) groups excluding carboxylic acids is 1. The van der Waals surface area contributed by atoms with Crippen molar-refractivity contribution in [3.05, 3.63) is 89.0 Å². The highest BCUT2D eigenvalue weighted by Gasteiger charge is 2.18. The predicted molar refractivity (Wildman–Crippen MR) is 153 cm³/mol. The Morgan fingerprint density at radius 3 is 2.39 bits per heavy atom. The fourth-order valence-corrected chi connectivity index (χ4v) is 4.96. The number of amides is 2. The molecule has 0 saturated carbocycles. The Hall–Kier alpha value is -4.38. The van der Waals surface area contributed by atoms with Crippen molar-refractivity contribution in [3.8, 4) is 11.1 Å². The lowest BCUT2D eigenvalue weighted by Gasteiger charge is -2.15. The van der Waals surface area contributed by atoms with Crippen LogP contribution in [0.3, 0.4) is 0 Å². The van der Waals surface area contributed by atoms with Crippen molar-refractivity contribution in [2.75, 3.05) is 16.0 Å². The number of carbonyl (C=O) groups is 1. The quantitative estimate of drug-likeness (QED) is 0.202. The van der Waals surface area contributed by atoms with Crippen molar-refractivity contribution >= 4 is 86.2 Å². The van der Waals surface area contributed by atoms with E-state index in [2.05, 4.69) is 39.6 Å². The topological polar surface area (TPSA) is 118 Å². The summed E-state index contributed by atoms with van der Waals surface area (Å²) in [6.45, 7) is 0. The van der Waals surface area contributed by atoms with Crippen LogP contribution in [-0.4, -0.2) is 29.7 Å². The van der Waals surface area contributed by atoms with E-state index < -0.39 is 6.03 Å². The highest BCUT2D eigenvalue weighted by atomic mass is 35.5. The number of urea groups is 1. The zero-order valence-corrected chi connectivity index (χ0v) is 21.6. The molecular weight excluding hydrogens is 543 g/mol. The second-order valence-corrected chi connectivity index (χ2v) is 9.47. The summed E-state index contributed by atoms with van der Waals surface area (Å²) in [7, 11) is 0. The van der Waals surface area contributed by atoms with Crippen LogP contribution in [0.2, 0.25) is 10.0 Å². The molecule has 3 aromatic carbocycles. The number of nitrogens with one attached hydrogen (secondary N) is 3. The van der Waals surface area contributed by atoms with Gasteiger partial charge in [0.15, 0.2) is 5.65 Å². The maximum atomic E-state index is 12.9. The van der Waals surface area contributed by atoms with Crippen LogP contribution in [0.1, 0.15) is 0 Å². The Morgan fingerprint density at radius 1 is 0.789 bits per heavy atom. The van der Waals surface area contributed by atoms with Crippen molar-refractivity contribution in [1.29, 1.82) is 0 Å². The smallest absolute Gasteiger partial charge is 0.324 e. The molecule has 0 radical (unpaired) electrons. The standard InChI is InChI=1S/C26H16Cl2N8OS/c27-18-7-4-8-19(28)22(18)17-11-14-13-29-25(30-16-9-10-20-21(12-16)36-38-35-20)33-23(14)32-24(17)34-26(37)31-15-5-2-1-3-6-15/h1-13H,(H3,29,30,31,32,33,34,37). The van der Waals surface area contributed by atoms with Crippen LogP contribution in [0.4, 0.5) is 27.9 Å². The van der Waals surface area contributed by atoms with Crippen LogP contribution in [0.15, 0.2) is 79.0 Å². The van der Waals surface area contributed by atoms with Gasteiger partial charge in [-0.3, -0.25) is 5.32 Å². The molecule has 3 N–H and O–H groups in total. The first-order chi connectivity index (χ1) is 18.5. The normalized spacial score (nSPS) is 11.0. The lowest BCUT2D eigenvalue weighted by atomic mass is 10.0. The minimum Gasteiger partial charge on any atom is -0.324 e. The van der Waals surface area contributed by atoms with Gasteiger partial charge in [-0.1, -0.05) is 47.5 Å². The molecule has 0 atom stereocenters. The number of hydrogen-bond acceptors (Lipinski definition) is 8. The average Bonchev–Trinajstić information content (AvgIpc) is 3.37. The molecule has 3 heterocycles. The zero-order valence-electron chi connectivity index (χ0n) is 19.3. The van der Waals surface area contributed by atoms with Gasteiger partial charge in [0.1, 0.15) is 16.9 Å². The number of fused-ring (bicyclic) bond motifs is 2. The maximum Gasteiger partial charge on any atom is 0.324 e. The van der Waals surface area contributed by atoms with E-state index in [0.29, 0.717) is 43.8 Å². The van der Waals surface area contributed by atoms with Crippen molar-refractivity contribution in [1.82, 2.24) is 23.7 Å². The third kappa shape index (κ3) is 4.92. The number of hydrogen-bond donors (Lipinski definition) is 3. The Kier molecular flexibility index (Phi) is 6.42. The minimum absolute atomic E-state index is 0.237. The third-order valence-corrected chi connectivity index (χ3v) is 6.76. The van der Waals surface area contributed by atoms with E-state index in [0.717, 1.165) is 28.4 Å². The summed E-state index contributed by atoms with van der Waals surface area (Å²) < 4.78 is 8.48. The molecule has 9 nitrogen and oxygen atoms in total. The Bertz CT molecular complexity index is 1790. The summed E-state index contributed by atoms with van der Waals surface area (Å²) in [4.78, 5) is 26.5. The largest absolute Gasteiger partial charge is 0.324 e. The van der Waals surface area contributed by atoms with E-state index in [1.54, 1.807) is 42.6 Å². The molecule has 6 rings (SSSR count). The molecule has 3 aromatic heterocycles. The Morgan fingerprint density at radius 2 is 1.58 bits per heavy atom. The van der Waals surface area contributed by atoms with Gasteiger partial charge in [0.25, 0.3) is 0 Å². The number of benzene rings is 3. The second kappa shape index (κ2) is 10.2. The molecule has 0 aliphatic carbocycles. The van der Waals surface area contributed by atoms with E-state index in [9.17, 15) is 4.79 Å². The average molecular weight is 559 g/mol. The van der Waals surface area contributed by atoms with Gasteiger partial charge in [-0.15, -0.1) is 0 Å². The fraction of sp³-hybridized carbons (Fsp3) is 0. The van der Waals surface area contributed by atoms with Gasteiger partial charge in [-0.05, 0) is 48.5 Å². The van der Waals surface area contributed by atoms with Gasteiger partial charge >= 0.3 is 6.03 Å². The molecule has 0 spiro atoms. The summed E-state index contributed by atoms with van der Waals surface area (Å²) in [5, 5.41) is 10.2. The molecule has 6 aromatic rings. The number of nitrogens with zero attached hydrogens (tertiary/aromatic N) is 5. The summed E-state index contributed by atoms with van der Waals surface area (Å²) in [6, 6.07) is 21.2. The van der Waals surface area contributed by atoms with Crippen LogP contribution in [0, 0.1) is 0 Å². The fourth-order valence-electron chi connectivity index (χ4n) is 3.85. The number of aromatic nitrogens is 5. The van der Waals surface area contributed by atoms with E-state index in [1.165, 1.54) is 0 Å². The van der Waals surface area contributed by atoms with Crippen molar-refractivity contribution in [2.24, 2.45) is 0 Å². The first-order valence-corrected chi connectivity index (χ1v) is 12.8. The second-order valence-electron chi connectivity index (χ2n) is 8.13. The Labute approximate surface area is 230 Å². The van der Waals surface area contributed by atoms with E-state index in [1.807, 2.05) is 36.4 Å². The number of anilines is 4. The molecule has 12 heteroatoms.